The van der Waals surface area contributed by atoms with Crippen molar-refractivity contribution in [3.05, 3.63) is 364 Å². The van der Waals surface area contributed by atoms with Crippen LogP contribution in [0.2, 0.25) is 0 Å². The molecule has 0 fully saturated rings. The lowest BCUT2D eigenvalue weighted by Crippen LogP contribution is -2.21. The largest absolute Gasteiger partial charge is 0.631 e. The first-order chi connectivity index (χ1) is 49.6. The minimum absolute atomic E-state index is 0.446. The van der Waals surface area contributed by atoms with Gasteiger partial charge in [0.1, 0.15) is 0 Å². The lowest BCUT2D eigenvalue weighted by Gasteiger charge is -2.18. The highest BCUT2D eigenvalue weighted by Gasteiger charge is 2.19. The van der Waals surface area contributed by atoms with E-state index >= 15 is 0 Å². The number of hydrogen-bond donors (Lipinski definition) is 3. The number of hydrogen-bond acceptors (Lipinski definition) is 6. The van der Waals surface area contributed by atoms with Crippen molar-refractivity contribution in [2.45, 2.75) is 62.3 Å². The summed E-state index contributed by atoms with van der Waals surface area (Å²) in [6.45, 7) is 30.4. The van der Waals surface area contributed by atoms with Crippen LogP contribution in [0.25, 0.3) is 0 Å². The molecule has 101 heavy (non-hydrogen) atoms. The number of benzene rings is 12. The maximum absolute atomic E-state index is 7.17. The lowest BCUT2D eigenvalue weighted by atomic mass is 10.3. The molecule has 0 radical (unpaired) electrons. The van der Waals surface area contributed by atoms with Crippen LogP contribution in [0.3, 0.4) is 0 Å². The van der Waals surface area contributed by atoms with Crippen LogP contribution < -0.4 is 63.7 Å². The Labute approximate surface area is 613 Å². The second-order valence-electron chi connectivity index (χ2n) is 22.6. The molecule has 12 aromatic carbocycles. The van der Waals surface area contributed by atoms with Gasteiger partial charge in [0.05, 0.1) is 0 Å². The van der Waals surface area contributed by atoms with Crippen LogP contribution in [0.4, 0.5) is 0 Å². The quantitative estimate of drug-likeness (QED) is 0.0492. The maximum Gasteiger partial charge on any atom is 0.631 e. The number of nitrogens with zero attached hydrogens (tertiary/aromatic N) is 3. The molecule has 0 saturated carbocycles. The Kier molecular flexibility index (Phi) is 43.3. The fourth-order valence-electron chi connectivity index (χ4n) is 10.7. The Hall–Kier alpha value is -7.82. The van der Waals surface area contributed by atoms with E-state index in [0.29, 0.717) is 0 Å². The van der Waals surface area contributed by atoms with E-state index in [2.05, 4.69) is 441 Å². The zero-order valence-electron chi connectivity index (χ0n) is 61.1. The van der Waals surface area contributed by atoms with Crippen LogP contribution in [-0.4, -0.2) is 96.0 Å². The summed E-state index contributed by atoms with van der Waals surface area (Å²) in [5.74, 6) is 0. The van der Waals surface area contributed by atoms with Gasteiger partial charge in [-0.1, -0.05) is 426 Å². The van der Waals surface area contributed by atoms with Gasteiger partial charge in [-0.25, -0.2) is 0 Å². The van der Waals surface area contributed by atoms with Crippen LogP contribution >= 0.6 is 31.7 Å². The highest BCUT2D eigenvalue weighted by molar-refractivity contribution is 7.81. The molecule has 12 aromatic rings. The zero-order chi connectivity index (χ0) is 72.3. The van der Waals surface area contributed by atoms with Gasteiger partial charge in [0.25, 0.3) is 0 Å². The van der Waals surface area contributed by atoms with Gasteiger partial charge in [0.15, 0.2) is 0 Å². The molecule has 0 aromatic heterocycles. The van der Waals surface area contributed by atoms with Crippen molar-refractivity contribution in [3.63, 3.8) is 0 Å². The topological polar surface area (TPSA) is 70.4 Å². The molecule has 0 amide bonds. The summed E-state index contributed by atoms with van der Waals surface area (Å²) in [6, 6.07) is 129. The molecule has 524 valence electrons. The Morgan fingerprint density at radius 3 is 0.287 bits per heavy atom. The molecule has 11 heteroatoms. The molecule has 12 rings (SSSR count). The summed E-state index contributed by atoms with van der Waals surface area (Å²) >= 11 is 0. The molecule has 0 aliphatic carbocycles. The van der Waals surface area contributed by atoms with E-state index in [1.807, 2.05) is 0 Å². The van der Waals surface area contributed by atoms with Crippen molar-refractivity contribution in [1.82, 2.24) is 14.7 Å². The monoisotopic (exact) mass is 1410 g/mol. The average Bonchev–Trinajstić information content (AvgIpc) is 0.850. The first-order valence-corrected chi connectivity index (χ1v) is 41.0. The minimum Gasteiger partial charge on any atom is -0.402 e. The van der Waals surface area contributed by atoms with Crippen LogP contribution in [0.1, 0.15) is 62.3 Å². The molecule has 0 unspecified atom stereocenters. The summed E-state index contributed by atoms with van der Waals surface area (Å²) in [5.41, 5.74) is 0. The van der Waals surface area contributed by atoms with E-state index in [1.165, 1.54) is 123 Å². The van der Waals surface area contributed by atoms with Crippen LogP contribution in [0.15, 0.2) is 364 Å². The van der Waals surface area contributed by atoms with E-state index in [4.69, 9.17) is 15.1 Å². The Morgan fingerprint density at radius 1 is 0.168 bits per heavy atom. The van der Waals surface area contributed by atoms with Gasteiger partial charge in [-0.15, -0.1) is 0 Å². The van der Waals surface area contributed by atoms with Gasteiger partial charge in [-0.2, -0.15) is 0 Å². The van der Waals surface area contributed by atoms with Gasteiger partial charge in [-0.3, -0.25) is 0 Å². The molecular formula is C90H108BN3O3P4. The summed E-state index contributed by atoms with van der Waals surface area (Å²) < 4.78 is 0. The maximum atomic E-state index is 7.17. The first kappa shape index (κ1) is 83.8. The Balaban J connectivity index is 0.000000218. The van der Waals surface area contributed by atoms with Gasteiger partial charge in [0.2, 0.25) is 0 Å². The summed E-state index contributed by atoms with van der Waals surface area (Å²) in [6.07, 6.45) is 0. The van der Waals surface area contributed by atoms with Crippen molar-refractivity contribution >= 4 is 103 Å². The van der Waals surface area contributed by atoms with Crippen LogP contribution in [0.5, 0.6) is 0 Å². The van der Waals surface area contributed by atoms with Crippen molar-refractivity contribution in [1.29, 1.82) is 0 Å². The fraction of sp³-hybridized carbons (Fsp3) is 0.200. The summed E-state index contributed by atoms with van der Waals surface area (Å²) in [5, 5.41) is 38.3. The molecular weight excluding hydrogens is 1310 g/mol. The Bertz CT molecular complexity index is 2950. The molecule has 0 aliphatic heterocycles. The second kappa shape index (κ2) is 52.2. The van der Waals surface area contributed by atoms with Gasteiger partial charge < -0.3 is 29.8 Å². The molecule has 0 bridgehead atoms. The lowest BCUT2D eigenvalue weighted by molar-refractivity contribution is 0.278. The zero-order valence-corrected chi connectivity index (χ0v) is 64.6. The predicted octanol–water partition coefficient (Wildman–Crippen LogP) is 15.8. The molecule has 3 N–H and O–H groups in total. The summed E-state index contributed by atoms with van der Waals surface area (Å²) in [7, 11) is -3.95. The third kappa shape index (κ3) is 31.5. The van der Waals surface area contributed by atoms with Crippen LogP contribution in [0, 0.1) is 0 Å². The van der Waals surface area contributed by atoms with Crippen LogP contribution in [-0.2, 0) is 0 Å². The van der Waals surface area contributed by atoms with Gasteiger partial charge in [-0.05, 0) is 154 Å². The SMILES string of the molecule is CCN(CC)CC.CCN(CC)CC.CCN(CC)CC.OB(O)O.c1ccc(P(c2ccccc2)c2ccccc2)cc1.c1ccc(P(c2ccccc2)c2ccccc2)cc1.c1ccc(P(c2ccccc2)c2ccccc2)cc1.c1ccc(P(c2ccccc2)c2ccccc2)cc1. The minimum atomic E-state index is -2.17. The first-order valence-electron chi connectivity index (χ1n) is 35.6. The fourth-order valence-corrected chi connectivity index (χ4v) is 19.9. The van der Waals surface area contributed by atoms with Crippen molar-refractivity contribution in [3.8, 4) is 0 Å². The molecule has 0 saturated heterocycles. The highest BCUT2D eigenvalue weighted by Crippen LogP contribution is 2.35. The molecule has 6 nitrogen and oxygen atoms in total. The molecule has 0 aliphatic rings. The molecule has 0 spiro atoms. The van der Waals surface area contributed by atoms with E-state index in [0.717, 1.165) is 0 Å². The third-order valence-corrected chi connectivity index (χ3v) is 26.0. The predicted molar refractivity (Wildman–Crippen MR) is 453 cm³/mol. The van der Waals surface area contributed by atoms with Crippen molar-refractivity contribution in [2.75, 3.05) is 58.9 Å². The van der Waals surface area contributed by atoms with Crippen molar-refractivity contribution in [2.24, 2.45) is 0 Å². The molecule has 0 atom stereocenters. The van der Waals surface area contributed by atoms with E-state index in [-0.39, 0.29) is 0 Å². The van der Waals surface area contributed by atoms with E-state index in [9.17, 15) is 0 Å². The second-order valence-corrected chi connectivity index (χ2v) is 31.5. The van der Waals surface area contributed by atoms with E-state index < -0.39 is 39.0 Å². The highest BCUT2D eigenvalue weighted by atomic mass is 31.1. The Morgan fingerprint density at radius 2 is 0.238 bits per heavy atom. The van der Waals surface area contributed by atoms with Gasteiger partial charge >= 0.3 is 7.32 Å². The normalized spacial score (nSPS) is 10.4. The van der Waals surface area contributed by atoms with Gasteiger partial charge in [0, 0.05) is 0 Å². The average molecular weight is 1410 g/mol. The third-order valence-electron chi connectivity index (χ3n) is 16.2. The molecule has 0 heterocycles. The smallest absolute Gasteiger partial charge is 0.402 e. The number of rotatable bonds is 21. The standard InChI is InChI=1S/4C18H15P.3C6H15N.BH3O3/c4*1-4-10-16(11-5-1)19(17-12-6-2-7-13-17)18-14-8-3-9-15-18;3*1-4-7(5-2)6-3;2-1(3)4/h4*1-15H;3*4-6H2,1-3H3;2-4H. The summed E-state index contributed by atoms with van der Waals surface area (Å²) in [4.78, 5) is 7.12. The van der Waals surface area contributed by atoms with Crippen molar-refractivity contribution < 1.29 is 15.1 Å². The van der Waals surface area contributed by atoms with E-state index in [1.54, 1.807) is 0 Å².